The largest absolute Gasteiger partial charge is 0.497 e. The minimum Gasteiger partial charge on any atom is -0.497 e. The molecule has 1 saturated heterocycles. The van der Waals surface area contributed by atoms with Crippen molar-refractivity contribution < 1.29 is 9.53 Å². The Balaban J connectivity index is 1.62. The number of methoxy groups -OCH3 is 1. The molecule has 0 aromatic heterocycles. The monoisotopic (exact) mass is 375 g/mol. The highest BCUT2D eigenvalue weighted by molar-refractivity contribution is 5.75. The van der Waals surface area contributed by atoms with E-state index in [1.54, 1.807) is 7.11 Å². The number of rotatable bonds is 10. The Hall–Kier alpha value is -1.59. The zero-order valence-electron chi connectivity index (χ0n) is 17.6. The molecule has 0 spiro atoms. The molecule has 1 aliphatic rings. The van der Waals surface area contributed by atoms with Gasteiger partial charge in [0.25, 0.3) is 0 Å². The highest BCUT2D eigenvalue weighted by Gasteiger charge is 2.29. The molecule has 2 rings (SSSR count). The maximum Gasteiger partial charge on any atom is 0.220 e. The van der Waals surface area contributed by atoms with Crippen LogP contribution in [0.1, 0.15) is 45.6 Å². The standard InChI is InChI=1S/C22H37N3O2/c1-5-24-14-16-25(17-15-24)22(2,3)18-23-21(26)9-7-6-8-19-10-12-20(27-4)13-11-19/h10-13H,5-9,14-18H2,1-4H3,(H,23,26). The molecule has 5 heteroatoms. The van der Waals surface area contributed by atoms with Gasteiger partial charge in [-0.15, -0.1) is 0 Å². The number of amides is 1. The molecule has 0 unspecified atom stereocenters. The normalized spacial score (nSPS) is 16.3. The van der Waals surface area contributed by atoms with Crippen molar-refractivity contribution >= 4 is 5.91 Å². The fraction of sp³-hybridized carbons (Fsp3) is 0.682. The SMILES string of the molecule is CCN1CCN(C(C)(C)CNC(=O)CCCCc2ccc(OC)cc2)CC1. The van der Waals surface area contributed by atoms with Crippen molar-refractivity contribution in [1.29, 1.82) is 0 Å². The summed E-state index contributed by atoms with van der Waals surface area (Å²) in [5.41, 5.74) is 1.31. The van der Waals surface area contributed by atoms with Gasteiger partial charge in [-0.05, 0) is 57.4 Å². The summed E-state index contributed by atoms with van der Waals surface area (Å²) < 4.78 is 5.18. The summed E-state index contributed by atoms with van der Waals surface area (Å²) in [6.45, 7) is 12.9. The molecule has 1 heterocycles. The van der Waals surface area contributed by atoms with Crippen LogP contribution in [0.5, 0.6) is 5.75 Å². The molecule has 152 valence electrons. The predicted octanol–water partition coefficient (Wildman–Crippen LogP) is 2.94. The Morgan fingerprint density at radius 1 is 1.11 bits per heavy atom. The number of unbranched alkanes of at least 4 members (excludes halogenated alkanes) is 1. The van der Waals surface area contributed by atoms with Crippen LogP contribution in [0.3, 0.4) is 0 Å². The number of carbonyl (C=O) groups is 1. The highest BCUT2D eigenvalue weighted by atomic mass is 16.5. The van der Waals surface area contributed by atoms with E-state index in [4.69, 9.17) is 4.74 Å². The van der Waals surface area contributed by atoms with Crippen LogP contribution in [0.4, 0.5) is 0 Å². The molecule has 27 heavy (non-hydrogen) atoms. The van der Waals surface area contributed by atoms with E-state index in [1.807, 2.05) is 12.1 Å². The van der Waals surface area contributed by atoms with Gasteiger partial charge in [0.2, 0.25) is 5.91 Å². The smallest absolute Gasteiger partial charge is 0.220 e. The van der Waals surface area contributed by atoms with E-state index in [1.165, 1.54) is 5.56 Å². The summed E-state index contributed by atoms with van der Waals surface area (Å²) in [5.74, 6) is 1.06. The number of hydrogen-bond acceptors (Lipinski definition) is 4. The number of carbonyl (C=O) groups excluding carboxylic acids is 1. The van der Waals surface area contributed by atoms with Crippen LogP contribution in [-0.2, 0) is 11.2 Å². The summed E-state index contributed by atoms with van der Waals surface area (Å²) in [6.07, 6.45) is 3.57. The number of nitrogens with one attached hydrogen (secondary N) is 1. The summed E-state index contributed by atoms with van der Waals surface area (Å²) >= 11 is 0. The molecule has 0 bridgehead atoms. The van der Waals surface area contributed by atoms with Gasteiger partial charge in [0.15, 0.2) is 0 Å². The zero-order valence-corrected chi connectivity index (χ0v) is 17.6. The van der Waals surface area contributed by atoms with E-state index in [9.17, 15) is 4.79 Å². The van der Waals surface area contributed by atoms with Crippen molar-refractivity contribution in [2.75, 3.05) is 46.4 Å². The second-order valence-corrected chi connectivity index (χ2v) is 8.07. The minimum atomic E-state index is 0.0125. The number of ether oxygens (including phenoxy) is 1. The molecule has 5 nitrogen and oxygen atoms in total. The first-order valence-corrected chi connectivity index (χ1v) is 10.3. The van der Waals surface area contributed by atoms with Crippen LogP contribution >= 0.6 is 0 Å². The highest BCUT2D eigenvalue weighted by Crippen LogP contribution is 2.17. The quantitative estimate of drug-likeness (QED) is 0.639. The molecule has 1 aliphatic heterocycles. The lowest BCUT2D eigenvalue weighted by molar-refractivity contribution is -0.121. The fourth-order valence-corrected chi connectivity index (χ4v) is 3.59. The molecule has 1 N–H and O–H groups in total. The lowest BCUT2D eigenvalue weighted by Crippen LogP contribution is -2.58. The Labute approximate surface area is 165 Å². The van der Waals surface area contributed by atoms with Crippen molar-refractivity contribution in [2.24, 2.45) is 0 Å². The Morgan fingerprint density at radius 3 is 2.37 bits per heavy atom. The lowest BCUT2D eigenvalue weighted by Gasteiger charge is -2.44. The van der Waals surface area contributed by atoms with Gasteiger partial charge in [0, 0.05) is 44.7 Å². The Morgan fingerprint density at radius 2 is 1.78 bits per heavy atom. The second kappa shape index (κ2) is 10.7. The van der Waals surface area contributed by atoms with Gasteiger partial charge in [0.05, 0.1) is 7.11 Å². The predicted molar refractivity (Wildman–Crippen MR) is 111 cm³/mol. The van der Waals surface area contributed by atoms with E-state index in [-0.39, 0.29) is 11.4 Å². The Kier molecular flexibility index (Phi) is 8.58. The van der Waals surface area contributed by atoms with Crippen LogP contribution in [-0.4, -0.2) is 67.6 Å². The summed E-state index contributed by atoms with van der Waals surface area (Å²) in [4.78, 5) is 17.2. The Bertz CT molecular complexity index is 563. The maximum absolute atomic E-state index is 12.2. The fourth-order valence-electron chi connectivity index (χ4n) is 3.59. The molecule has 1 aromatic carbocycles. The third kappa shape index (κ3) is 7.15. The lowest BCUT2D eigenvalue weighted by atomic mass is 10.0. The molecule has 0 saturated carbocycles. The van der Waals surface area contributed by atoms with Gasteiger partial charge in [-0.25, -0.2) is 0 Å². The van der Waals surface area contributed by atoms with Crippen molar-refractivity contribution in [3.8, 4) is 5.75 Å². The van der Waals surface area contributed by atoms with E-state index < -0.39 is 0 Å². The van der Waals surface area contributed by atoms with Gasteiger partial charge in [0.1, 0.15) is 5.75 Å². The molecule has 0 radical (unpaired) electrons. The van der Waals surface area contributed by atoms with Gasteiger partial charge < -0.3 is 15.0 Å². The van der Waals surface area contributed by atoms with Crippen LogP contribution in [0.15, 0.2) is 24.3 Å². The van der Waals surface area contributed by atoms with Crippen LogP contribution in [0, 0.1) is 0 Å². The van der Waals surface area contributed by atoms with Gasteiger partial charge >= 0.3 is 0 Å². The minimum absolute atomic E-state index is 0.0125. The van der Waals surface area contributed by atoms with Gasteiger partial charge in [-0.2, -0.15) is 0 Å². The topological polar surface area (TPSA) is 44.8 Å². The van der Waals surface area contributed by atoms with Crippen molar-refractivity contribution in [3.05, 3.63) is 29.8 Å². The molecule has 0 atom stereocenters. The van der Waals surface area contributed by atoms with Gasteiger partial charge in [-0.3, -0.25) is 9.69 Å². The molecule has 0 aliphatic carbocycles. The number of piperazine rings is 1. The molecule has 1 aromatic rings. The third-order valence-corrected chi connectivity index (χ3v) is 5.67. The van der Waals surface area contributed by atoms with Crippen LogP contribution in [0.2, 0.25) is 0 Å². The van der Waals surface area contributed by atoms with Crippen molar-refractivity contribution in [3.63, 3.8) is 0 Å². The number of likely N-dealkylation sites (N-methyl/N-ethyl adjacent to an activating group) is 1. The third-order valence-electron chi connectivity index (χ3n) is 5.67. The molecular formula is C22H37N3O2. The summed E-state index contributed by atoms with van der Waals surface area (Å²) in [6, 6.07) is 8.17. The molecule has 1 amide bonds. The zero-order chi connectivity index (χ0) is 19.7. The van der Waals surface area contributed by atoms with E-state index in [0.29, 0.717) is 6.42 Å². The van der Waals surface area contributed by atoms with Crippen molar-refractivity contribution in [2.45, 2.75) is 52.0 Å². The second-order valence-electron chi connectivity index (χ2n) is 8.07. The van der Waals surface area contributed by atoms with Gasteiger partial charge in [-0.1, -0.05) is 19.1 Å². The first kappa shape index (κ1) is 21.7. The molecular weight excluding hydrogens is 338 g/mol. The summed E-state index contributed by atoms with van der Waals surface area (Å²) in [7, 11) is 1.68. The van der Waals surface area contributed by atoms with E-state index in [2.05, 4.69) is 48.0 Å². The van der Waals surface area contributed by atoms with E-state index in [0.717, 1.165) is 64.3 Å². The first-order valence-electron chi connectivity index (χ1n) is 10.3. The average molecular weight is 376 g/mol. The maximum atomic E-state index is 12.2. The average Bonchev–Trinajstić information content (AvgIpc) is 2.70. The number of benzene rings is 1. The number of hydrogen-bond donors (Lipinski definition) is 1. The molecule has 1 fully saturated rings. The number of nitrogens with zero attached hydrogens (tertiary/aromatic N) is 2. The number of aryl methyl sites for hydroxylation is 1. The van der Waals surface area contributed by atoms with E-state index >= 15 is 0 Å². The van der Waals surface area contributed by atoms with Crippen LogP contribution in [0.25, 0.3) is 0 Å². The van der Waals surface area contributed by atoms with Crippen molar-refractivity contribution in [1.82, 2.24) is 15.1 Å². The first-order chi connectivity index (χ1) is 12.9. The summed E-state index contributed by atoms with van der Waals surface area (Å²) in [5, 5.41) is 3.15. The van der Waals surface area contributed by atoms with Crippen LogP contribution < -0.4 is 10.1 Å².